The van der Waals surface area contributed by atoms with Crippen LogP contribution >= 0.6 is 0 Å². The fourth-order valence-corrected chi connectivity index (χ4v) is 3.86. The molecular weight excluding hydrogens is 284 g/mol. The summed E-state index contributed by atoms with van der Waals surface area (Å²) in [5.41, 5.74) is 8.06. The van der Waals surface area contributed by atoms with Gasteiger partial charge >= 0.3 is 0 Å². The number of carbonyl (C=O) groups is 1. The minimum Gasteiger partial charge on any atom is -0.372 e. The van der Waals surface area contributed by atoms with Crippen LogP contribution in [-0.2, 0) is 24.4 Å². The number of carbonyl (C=O) groups excluding carboxylic acids is 1. The molecule has 2 aromatic rings. The van der Waals surface area contributed by atoms with Gasteiger partial charge in [0.25, 0.3) is 0 Å². The van der Waals surface area contributed by atoms with Gasteiger partial charge < -0.3 is 4.74 Å². The Balaban J connectivity index is 2.12. The van der Waals surface area contributed by atoms with Gasteiger partial charge in [0.15, 0.2) is 5.78 Å². The first-order valence-electron chi connectivity index (χ1n) is 8.34. The molecular formula is C21H20O2. The molecule has 0 saturated heterocycles. The third kappa shape index (κ3) is 2.25. The Morgan fingerprint density at radius 1 is 1.04 bits per heavy atom. The number of hydrogen-bond acceptors (Lipinski definition) is 2. The summed E-state index contributed by atoms with van der Waals surface area (Å²) >= 11 is 0. The number of fused-ring (bicyclic) bond motifs is 2. The van der Waals surface area contributed by atoms with E-state index in [1.165, 1.54) is 16.7 Å². The third-order valence-corrected chi connectivity index (χ3v) is 4.89. The molecule has 2 heteroatoms. The molecule has 0 saturated carbocycles. The smallest absolute Gasteiger partial charge is 0.164 e. The molecule has 2 nitrogen and oxygen atoms in total. The van der Waals surface area contributed by atoms with Crippen molar-refractivity contribution in [2.75, 3.05) is 0 Å². The predicted molar refractivity (Wildman–Crippen MR) is 92.3 cm³/mol. The highest BCUT2D eigenvalue weighted by Crippen LogP contribution is 2.41. The Kier molecular flexibility index (Phi) is 3.62. The van der Waals surface area contributed by atoms with Crippen LogP contribution in [0.1, 0.15) is 52.4 Å². The van der Waals surface area contributed by atoms with E-state index >= 15 is 0 Å². The lowest BCUT2D eigenvalue weighted by Crippen LogP contribution is -2.10. The zero-order valence-corrected chi connectivity index (χ0v) is 13.4. The van der Waals surface area contributed by atoms with Gasteiger partial charge in [-0.3, -0.25) is 4.79 Å². The first-order valence-corrected chi connectivity index (χ1v) is 8.34. The van der Waals surface area contributed by atoms with Gasteiger partial charge in [-0.05, 0) is 46.2 Å². The number of ketones is 1. The summed E-state index contributed by atoms with van der Waals surface area (Å²) in [6, 6.07) is 10.3. The van der Waals surface area contributed by atoms with Crippen LogP contribution in [0.25, 0.3) is 17.2 Å². The van der Waals surface area contributed by atoms with Crippen LogP contribution in [0.15, 0.2) is 36.4 Å². The molecule has 0 atom stereocenters. The molecule has 1 heterocycles. The molecule has 23 heavy (non-hydrogen) atoms. The molecule has 2 aliphatic rings. The highest BCUT2D eigenvalue weighted by atomic mass is 16.5. The van der Waals surface area contributed by atoms with Gasteiger partial charge in [0.1, 0.15) is 0 Å². The zero-order chi connectivity index (χ0) is 15.8. The van der Waals surface area contributed by atoms with E-state index < -0.39 is 0 Å². The highest BCUT2D eigenvalue weighted by molar-refractivity contribution is 6.07. The number of benzene rings is 2. The standard InChI is InChI=1S/C21H20O2/c1-2-15-16-10-6-7-11-19(22)21(16)20(14-8-4-3-5-9-14)18-13-23-12-17(15)18/h3-6,8-10H,2,7,11-13H2,1H3. The molecule has 4 rings (SSSR count). The van der Waals surface area contributed by atoms with Crippen molar-refractivity contribution in [1.82, 2.24) is 0 Å². The maximum absolute atomic E-state index is 12.9. The molecule has 0 amide bonds. The van der Waals surface area contributed by atoms with Gasteiger partial charge in [0.05, 0.1) is 13.2 Å². The third-order valence-electron chi connectivity index (χ3n) is 4.89. The average molecular weight is 304 g/mol. The molecule has 2 aromatic carbocycles. The number of Topliss-reactive ketones (excluding diaryl/α,β-unsaturated/α-hetero) is 1. The molecule has 0 bridgehead atoms. The van der Waals surface area contributed by atoms with Crippen LogP contribution in [0.5, 0.6) is 0 Å². The van der Waals surface area contributed by atoms with E-state index in [4.69, 9.17) is 4.74 Å². The molecule has 116 valence electrons. The lowest BCUT2D eigenvalue weighted by molar-refractivity contribution is 0.0984. The molecule has 0 fully saturated rings. The Morgan fingerprint density at radius 3 is 2.61 bits per heavy atom. The van der Waals surface area contributed by atoms with E-state index in [1.807, 2.05) is 18.2 Å². The summed E-state index contributed by atoms with van der Waals surface area (Å²) in [7, 11) is 0. The monoisotopic (exact) mass is 304 g/mol. The summed E-state index contributed by atoms with van der Waals surface area (Å²) in [5.74, 6) is 0.258. The normalized spacial score (nSPS) is 16.1. The first kappa shape index (κ1) is 14.4. The molecule has 0 N–H and O–H groups in total. The van der Waals surface area contributed by atoms with Crippen molar-refractivity contribution in [3.8, 4) is 11.1 Å². The highest BCUT2D eigenvalue weighted by Gasteiger charge is 2.29. The van der Waals surface area contributed by atoms with Crippen LogP contribution in [0, 0.1) is 0 Å². The van der Waals surface area contributed by atoms with E-state index in [0.29, 0.717) is 19.6 Å². The fraction of sp³-hybridized carbons (Fsp3) is 0.286. The lowest BCUT2D eigenvalue weighted by Gasteiger charge is -2.20. The van der Waals surface area contributed by atoms with Crippen LogP contribution < -0.4 is 0 Å². The average Bonchev–Trinajstić information content (AvgIpc) is 2.98. The van der Waals surface area contributed by atoms with Crippen LogP contribution in [0.4, 0.5) is 0 Å². The Labute approximate surface area is 136 Å². The SMILES string of the molecule is CCc1c2c(c(-c3ccccc3)c3c1COC3)C(=O)CCC=C2. The molecule has 1 aliphatic carbocycles. The van der Waals surface area contributed by atoms with Crippen LogP contribution in [-0.4, -0.2) is 5.78 Å². The number of rotatable bonds is 2. The Bertz CT molecular complexity index is 801. The molecule has 0 unspecified atom stereocenters. The van der Waals surface area contributed by atoms with E-state index in [0.717, 1.165) is 35.1 Å². The zero-order valence-electron chi connectivity index (χ0n) is 13.4. The summed E-state index contributed by atoms with van der Waals surface area (Å²) in [6.07, 6.45) is 6.64. The summed E-state index contributed by atoms with van der Waals surface area (Å²) in [5, 5.41) is 0. The van der Waals surface area contributed by atoms with Gasteiger partial charge in [-0.25, -0.2) is 0 Å². The second-order valence-electron chi connectivity index (χ2n) is 6.18. The summed E-state index contributed by atoms with van der Waals surface area (Å²) in [6.45, 7) is 3.43. The summed E-state index contributed by atoms with van der Waals surface area (Å²) < 4.78 is 5.77. The van der Waals surface area contributed by atoms with Crippen molar-refractivity contribution in [1.29, 1.82) is 0 Å². The van der Waals surface area contributed by atoms with E-state index in [2.05, 4.69) is 31.2 Å². The van der Waals surface area contributed by atoms with Crippen molar-refractivity contribution in [2.45, 2.75) is 39.4 Å². The van der Waals surface area contributed by atoms with Gasteiger partial charge in [-0.2, -0.15) is 0 Å². The van der Waals surface area contributed by atoms with Crippen LogP contribution in [0.3, 0.4) is 0 Å². The van der Waals surface area contributed by atoms with E-state index in [1.54, 1.807) is 0 Å². The minimum atomic E-state index is 0.258. The van der Waals surface area contributed by atoms with Gasteiger partial charge in [0.2, 0.25) is 0 Å². The van der Waals surface area contributed by atoms with Crippen molar-refractivity contribution in [3.05, 3.63) is 64.2 Å². The number of allylic oxidation sites excluding steroid dienone is 1. The largest absolute Gasteiger partial charge is 0.372 e. The topological polar surface area (TPSA) is 26.3 Å². The maximum atomic E-state index is 12.9. The Morgan fingerprint density at radius 2 is 1.83 bits per heavy atom. The molecule has 0 aromatic heterocycles. The van der Waals surface area contributed by atoms with Gasteiger partial charge in [0, 0.05) is 12.0 Å². The number of hydrogen-bond donors (Lipinski definition) is 0. The van der Waals surface area contributed by atoms with Gasteiger partial charge in [-0.1, -0.05) is 49.4 Å². The minimum absolute atomic E-state index is 0.258. The quantitative estimate of drug-likeness (QED) is 0.786. The molecule has 1 aliphatic heterocycles. The van der Waals surface area contributed by atoms with Gasteiger partial charge in [-0.15, -0.1) is 0 Å². The fourth-order valence-electron chi connectivity index (χ4n) is 3.86. The van der Waals surface area contributed by atoms with E-state index in [-0.39, 0.29) is 5.78 Å². The summed E-state index contributed by atoms with van der Waals surface area (Å²) in [4.78, 5) is 12.9. The second kappa shape index (κ2) is 5.78. The second-order valence-corrected chi connectivity index (χ2v) is 6.18. The van der Waals surface area contributed by atoms with Crippen molar-refractivity contribution in [3.63, 3.8) is 0 Å². The van der Waals surface area contributed by atoms with Crippen LogP contribution in [0.2, 0.25) is 0 Å². The predicted octanol–water partition coefficient (Wildman–Crippen LogP) is 4.94. The number of ether oxygens (including phenoxy) is 1. The molecule has 0 radical (unpaired) electrons. The molecule has 0 spiro atoms. The van der Waals surface area contributed by atoms with E-state index in [9.17, 15) is 4.79 Å². The van der Waals surface area contributed by atoms with Crippen molar-refractivity contribution < 1.29 is 9.53 Å². The lowest BCUT2D eigenvalue weighted by atomic mass is 9.82. The van der Waals surface area contributed by atoms with Crippen molar-refractivity contribution in [2.24, 2.45) is 0 Å². The van der Waals surface area contributed by atoms with Crippen molar-refractivity contribution >= 4 is 11.9 Å². The maximum Gasteiger partial charge on any atom is 0.164 e. The Hall–Kier alpha value is -2.19. The first-order chi connectivity index (χ1) is 11.3.